The predicted molar refractivity (Wildman–Crippen MR) is 122 cm³/mol. The number of nitrogens with zero attached hydrogens (tertiary/aromatic N) is 2. The number of aliphatic hydroxyl groups is 1. The molecule has 3 rings (SSSR count). The number of H-pyrrole nitrogens is 1. The van der Waals surface area contributed by atoms with Crippen molar-refractivity contribution in [2.75, 3.05) is 13.6 Å². The van der Waals surface area contributed by atoms with Crippen LogP contribution in [0.3, 0.4) is 0 Å². The fourth-order valence-electron chi connectivity index (χ4n) is 4.13. The van der Waals surface area contributed by atoms with Gasteiger partial charge in [-0.25, -0.2) is 13.6 Å². The third-order valence-corrected chi connectivity index (χ3v) is 6.75. The first-order chi connectivity index (χ1) is 14.1. The predicted octanol–water partition coefficient (Wildman–Crippen LogP) is 1.28. The summed E-state index contributed by atoms with van der Waals surface area (Å²) in [5.74, 6) is 0. The monoisotopic (exact) mass is 449 g/mol. The lowest BCUT2D eigenvalue weighted by Gasteiger charge is -2.44. The minimum Gasteiger partial charge on any atom is -0.390 e. The van der Waals surface area contributed by atoms with Gasteiger partial charge >= 0.3 is 0 Å². The standard InChI is InChI=1S/C21H33N6O3S/c1-14-8-17(19(31(23,29)30)9-15(14)6-7-20(2,3)28)18-12-24-21(4,22)13-27(18,5)16-10-25-26-11-16/h8-12,24,28H,6-7,13,22H2,1-5H3,(H,25,26)(H2,23,29,30)/q+1. The average Bonchev–Trinajstić information content (AvgIpc) is 3.13. The average molecular weight is 450 g/mol. The molecular weight excluding hydrogens is 416 g/mol. The van der Waals surface area contributed by atoms with Gasteiger partial charge in [-0.15, -0.1) is 0 Å². The van der Waals surface area contributed by atoms with Crippen LogP contribution in [0.4, 0.5) is 5.69 Å². The van der Waals surface area contributed by atoms with Crippen molar-refractivity contribution in [1.82, 2.24) is 20.0 Å². The second kappa shape index (κ2) is 7.72. The Hall–Kier alpha value is -2.24. The van der Waals surface area contributed by atoms with Crippen LogP contribution in [0, 0.1) is 6.92 Å². The Labute approximate surface area is 183 Å². The van der Waals surface area contributed by atoms with Crippen LogP contribution in [-0.4, -0.2) is 48.6 Å². The van der Waals surface area contributed by atoms with Crippen LogP contribution < -0.4 is 20.7 Å². The molecule has 7 N–H and O–H groups in total. The first-order valence-corrected chi connectivity index (χ1v) is 11.7. The van der Waals surface area contributed by atoms with Gasteiger partial charge in [-0.1, -0.05) is 0 Å². The molecule has 2 aromatic rings. The maximum absolute atomic E-state index is 12.6. The van der Waals surface area contributed by atoms with Gasteiger partial charge in [0.1, 0.15) is 18.4 Å². The quantitative estimate of drug-likeness (QED) is 0.420. The fourth-order valence-corrected chi connectivity index (χ4v) is 4.90. The molecule has 0 saturated carbocycles. The highest BCUT2D eigenvalue weighted by Crippen LogP contribution is 2.39. The number of primary sulfonamides is 1. The Bertz CT molecular complexity index is 1100. The van der Waals surface area contributed by atoms with Gasteiger partial charge in [0.05, 0.1) is 35.5 Å². The van der Waals surface area contributed by atoms with Crippen molar-refractivity contribution in [3.8, 4) is 0 Å². The number of aromatic nitrogens is 2. The van der Waals surface area contributed by atoms with E-state index in [1.165, 1.54) is 0 Å². The van der Waals surface area contributed by atoms with Crippen molar-refractivity contribution in [1.29, 1.82) is 0 Å². The Morgan fingerprint density at radius 1 is 1.35 bits per heavy atom. The zero-order chi connectivity index (χ0) is 23.2. The summed E-state index contributed by atoms with van der Waals surface area (Å²) in [5.41, 5.74) is 8.65. The van der Waals surface area contributed by atoms with Crippen LogP contribution >= 0.6 is 0 Å². The third kappa shape index (κ3) is 4.99. The van der Waals surface area contributed by atoms with Gasteiger partial charge in [0.2, 0.25) is 10.0 Å². The van der Waals surface area contributed by atoms with Gasteiger partial charge in [-0.2, -0.15) is 5.10 Å². The molecule has 1 aromatic heterocycles. The summed E-state index contributed by atoms with van der Waals surface area (Å²) in [7, 11) is -2.05. The largest absolute Gasteiger partial charge is 0.390 e. The number of aryl methyl sites for hydroxylation is 2. The molecule has 0 fully saturated rings. The van der Waals surface area contributed by atoms with E-state index in [-0.39, 0.29) is 9.38 Å². The first-order valence-electron chi connectivity index (χ1n) is 10.1. The molecule has 2 unspecified atom stereocenters. The van der Waals surface area contributed by atoms with E-state index in [0.717, 1.165) is 16.8 Å². The number of benzene rings is 1. The molecule has 31 heavy (non-hydrogen) atoms. The summed E-state index contributed by atoms with van der Waals surface area (Å²) < 4.78 is 25.5. The van der Waals surface area contributed by atoms with E-state index < -0.39 is 21.3 Å². The van der Waals surface area contributed by atoms with Crippen molar-refractivity contribution >= 4 is 21.4 Å². The lowest BCUT2D eigenvalue weighted by molar-refractivity contribution is 0.0713. The molecule has 2 heterocycles. The summed E-state index contributed by atoms with van der Waals surface area (Å²) in [6.07, 6.45) is 6.27. The molecule has 0 bridgehead atoms. The fraction of sp³-hybridized carbons (Fsp3) is 0.476. The molecule has 10 heteroatoms. The van der Waals surface area contributed by atoms with Crippen molar-refractivity contribution in [2.45, 2.75) is 56.7 Å². The summed E-state index contributed by atoms with van der Waals surface area (Å²) in [6, 6.07) is 3.48. The van der Waals surface area contributed by atoms with Crippen LogP contribution in [-0.2, 0) is 16.4 Å². The Balaban J connectivity index is 2.20. The molecule has 2 atom stereocenters. The van der Waals surface area contributed by atoms with Gasteiger partial charge in [0.25, 0.3) is 0 Å². The molecule has 0 radical (unpaired) electrons. The lowest BCUT2D eigenvalue weighted by Crippen LogP contribution is -2.65. The summed E-state index contributed by atoms with van der Waals surface area (Å²) in [4.78, 5) is 0.0466. The van der Waals surface area contributed by atoms with E-state index in [0.29, 0.717) is 30.6 Å². The molecule has 0 spiro atoms. The van der Waals surface area contributed by atoms with E-state index >= 15 is 0 Å². The van der Waals surface area contributed by atoms with E-state index in [1.807, 2.05) is 27.0 Å². The van der Waals surface area contributed by atoms with Crippen LogP contribution in [0.2, 0.25) is 0 Å². The van der Waals surface area contributed by atoms with Crippen LogP contribution in [0.1, 0.15) is 43.9 Å². The van der Waals surface area contributed by atoms with Gasteiger partial charge in [-0.3, -0.25) is 9.58 Å². The Morgan fingerprint density at radius 2 is 2.03 bits per heavy atom. The molecule has 0 saturated heterocycles. The number of nitrogens with one attached hydrogen (secondary N) is 2. The van der Waals surface area contributed by atoms with Crippen molar-refractivity contribution in [3.05, 3.63) is 47.4 Å². The second-order valence-electron chi connectivity index (χ2n) is 9.53. The third-order valence-electron chi connectivity index (χ3n) is 5.80. The topological polar surface area (TPSA) is 147 Å². The van der Waals surface area contributed by atoms with Crippen LogP contribution in [0.15, 0.2) is 35.6 Å². The number of likely N-dealkylation sites (N-methyl/N-ethyl adjacent to an activating group) is 1. The Kier molecular flexibility index (Phi) is 5.83. The minimum absolute atomic E-state index is 0.0466. The summed E-state index contributed by atoms with van der Waals surface area (Å²) >= 11 is 0. The highest BCUT2D eigenvalue weighted by Gasteiger charge is 2.44. The number of hydrogen-bond acceptors (Lipinski definition) is 6. The van der Waals surface area contributed by atoms with E-state index in [4.69, 9.17) is 10.9 Å². The van der Waals surface area contributed by atoms with Crippen molar-refractivity contribution in [3.63, 3.8) is 0 Å². The van der Waals surface area contributed by atoms with E-state index in [2.05, 4.69) is 15.5 Å². The molecular formula is C21H33N6O3S+. The highest BCUT2D eigenvalue weighted by molar-refractivity contribution is 7.89. The highest BCUT2D eigenvalue weighted by atomic mass is 32.2. The van der Waals surface area contributed by atoms with E-state index in [1.54, 1.807) is 38.5 Å². The molecule has 170 valence electrons. The maximum Gasteiger partial charge on any atom is 0.238 e. The van der Waals surface area contributed by atoms with Crippen molar-refractivity contribution in [2.24, 2.45) is 10.9 Å². The summed E-state index contributed by atoms with van der Waals surface area (Å²) in [5, 5.41) is 25.8. The summed E-state index contributed by atoms with van der Waals surface area (Å²) in [6.45, 7) is 7.73. The Morgan fingerprint density at radius 3 is 2.58 bits per heavy atom. The normalized spacial score (nSPS) is 24.6. The molecule has 0 amide bonds. The van der Waals surface area contributed by atoms with E-state index in [9.17, 15) is 13.5 Å². The van der Waals surface area contributed by atoms with Gasteiger partial charge in [0, 0.05) is 0 Å². The first kappa shape index (κ1) is 23.4. The second-order valence-corrected chi connectivity index (χ2v) is 11.1. The molecule has 0 aliphatic carbocycles. The lowest BCUT2D eigenvalue weighted by atomic mass is 9.93. The molecule has 1 aliphatic rings. The zero-order valence-corrected chi connectivity index (χ0v) is 19.5. The van der Waals surface area contributed by atoms with Crippen molar-refractivity contribution < 1.29 is 13.5 Å². The number of nitrogens with two attached hydrogens (primary N) is 2. The number of sulfonamides is 1. The number of hydrogen-bond donors (Lipinski definition) is 5. The molecule has 1 aliphatic heterocycles. The SMILES string of the molecule is Cc1cc(C2=CNC(C)(N)C[N+]2(C)c2cn[nH]c2)c(S(N)(=O)=O)cc1CCC(C)(C)O. The number of quaternary nitrogens is 1. The smallest absolute Gasteiger partial charge is 0.238 e. The van der Waals surface area contributed by atoms with Gasteiger partial charge < -0.3 is 16.2 Å². The van der Waals surface area contributed by atoms with Crippen LogP contribution in [0.25, 0.3) is 5.70 Å². The van der Waals surface area contributed by atoms with Gasteiger partial charge in [0.15, 0.2) is 11.4 Å². The minimum atomic E-state index is -4.02. The molecule has 1 aromatic carbocycles. The number of aromatic amines is 1. The van der Waals surface area contributed by atoms with Gasteiger partial charge in [-0.05, 0) is 63.8 Å². The number of rotatable bonds is 6. The zero-order valence-electron chi connectivity index (χ0n) is 18.7. The molecule has 9 nitrogen and oxygen atoms in total. The van der Waals surface area contributed by atoms with Crippen LogP contribution in [0.5, 0.6) is 0 Å². The maximum atomic E-state index is 12.6.